The molecule has 6 heteroatoms. The van der Waals surface area contributed by atoms with Gasteiger partial charge < -0.3 is 16.1 Å². The van der Waals surface area contributed by atoms with Gasteiger partial charge in [-0.15, -0.1) is 10.1 Å². The molecule has 0 aromatic heterocycles. The van der Waals surface area contributed by atoms with Gasteiger partial charge in [-0.05, 0) is 23.3 Å². The summed E-state index contributed by atoms with van der Waals surface area (Å²) in [6.07, 6.45) is 0. The van der Waals surface area contributed by atoms with Crippen LogP contribution in [-0.4, -0.2) is 26.2 Å². The van der Waals surface area contributed by atoms with Crippen LogP contribution in [-0.2, 0) is 10.1 Å². The van der Waals surface area contributed by atoms with Crippen molar-refractivity contribution >= 4 is 16.8 Å². The topological polar surface area (TPSA) is 60.7 Å². The van der Waals surface area contributed by atoms with Crippen molar-refractivity contribution in [1.29, 1.82) is 0 Å². The molecule has 0 aromatic carbocycles. The monoisotopic (exact) mass is 252 g/mol. The zero-order valence-electron chi connectivity index (χ0n) is 10.8. The van der Waals surface area contributed by atoms with Crippen molar-refractivity contribution < 1.29 is 45.7 Å². The van der Waals surface area contributed by atoms with Crippen molar-refractivity contribution in [1.82, 2.24) is 0 Å². The molecule has 0 aliphatic heterocycles. The van der Waals surface area contributed by atoms with Crippen molar-refractivity contribution in [2.75, 3.05) is 11.5 Å². The van der Waals surface area contributed by atoms with Gasteiger partial charge in [0, 0.05) is 0 Å². The molecule has 0 saturated carbocycles. The standard InChI is InChI=1S/C8H21O3PS.Na.H/c1-7(2)5-13(6-8(3)4)12(9,10)11;;/h7-11H,5-6H2,1-4H3;;/q;+1;-1. The van der Waals surface area contributed by atoms with Crippen molar-refractivity contribution in [3.63, 3.8) is 0 Å². The van der Waals surface area contributed by atoms with Crippen LogP contribution >= 0.6 is 6.72 Å². The predicted octanol–water partition coefficient (Wildman–Crippen LogP) is -1.31. The van der Waals surface area contributed by atoms with Crippen LogP contribution in [0.5, 0.6) is 0 Å². The van der Waals surface area contributed by atoms with E-state index in [0.717, 1.165) is 0 Å². The van der Waals surface area contributed by atoms with E-state index in [4.69, 9.17) is 0 Å². The molecule has 0 unspecified atom stereocenters. The Morgan fingerprint density at radius 3 is 1.43 bits per heavy atom. The van der Waals surface area contributed by atoms with Crippen LogP contribution in [0.3, 0.4) is 0 Å². The normalized spacial score (nSPS) is 12.4. The van der Waals surface area contributed by atoms with Gasteiger partial charge in [-0.3, -0.25) is 0 Å². The first-order valence-electron chi connectivity index (χ1n) is 4.49. The van der Waals surface area contributed by atoms with Crippen molar-refractivity contribution in [3.05, 3.63) is 0 Å². The van der Waals surface area contributed by atoms with Crippen LogP contribution in [0.1, 0.15) is 29.1 Å². The molecule has 14 heavy (non-hydrogen) atoms. The van der Waals surface area contributed by atoms with Crippen molar-refractivity contribution in [2.24, 2.45) is 11.8 Å². The van der Waals surface area contributed by atoms with E-state index in [0.29, 0.717) is 23.3 Å². The maximum atomic E-state index is 9.21. The Kier molecular flexibility index (Phi) is 10.1. The summed E-state index contributed by atoms with van der Waals surface area (Å²) in [5.74, 6) is 2.20. The summed E-state index contributed by atoms with van der Waals surface area (Å²) in [6, 6.07) is 0. The van der Waals surface area contributed by atoms with Gasteiger partial charge >= 0.3 is 29.6 Å². The van der Waals surface area contributed by atoms with Crippen molar-refractivity contribution in [2.45, 2.75) is 27.7 Å². The second kappa shape index (κ2) is 7.86. The third-order valence-corrected chi connectivity index (χ3v) is 7.17. The van der Waals surface area contributed by atoms with E-state index in [1.54, 1.807) is 0 Å². The molecule has 0 aliphatic carbocycles. The zero-order valence-corrected chi connectivity index (χ0v) is 13.5. The average molecular weight is 252 g/mol. The second-order valence-electron chi connectivity index (χ2n) is 4.10. The molecule has 0 fully saturated rings. The molecule has 0 atom stereocenters. The van der Waals surface area contributed by atoms with E-state index in [-0.39, 0.29) is 31.0 Å². The van der Waals surface area contributed by atoms with Crippen molar-refractivity contribution in [3.8, 4) is 0 Å². The Bertz CT molecular complexity index is 198. The average Bonchev–Trinajstić information content (AvgIpc) is 1.81. The first-order valence-corrected chi connectivity index (χ1v) is 8.30. The van der Waals surface area contributed by atoms with E-state index in [1.807, 2.05) is 27.7 Å². The molecule has 0 rings (SSSR count). The maximum Gasteiger partial charge on any atom is 1.00 e. The van der Waals surface area contributed by atoms with Gasteiger partial charge in [0.05, 0.1) is 0 Å². The molecular weight excluding hydrogens is 230 g/mol. The Morgan fingerprint density at radius 1 is 1.00 bits per heavy atom. The molecule has 0 saturated heterocycles. The van der Waals surface area contributed by atoms with Crippen LogP contribution in [0.2, 0.25) is 0 Å². The summed E-state index contributed by atoms with van der Waals surface area (Å²) in [5, 5.41) is 0. The predicted molar refractivity (Wildman–Crippen MR) is 61.5 cm³/mol. The van der Waals surface area contributed by atoms with Gasteiger partial charge in [0.2, 0.25) is 0 Å². The maximum absolute atomic E-state index is 9.21. The molecule has 0 spiro atoms. The minimum atomic E-state index is -3.61. The van der Waals surface area contributed by atoms with Crippen LogP contribution in [0.25, 0.3) is 0 Å². The van der Waals surface area contributed by atoms with Gasteiger partial charge in [-0.25, -0.2) is 0 Å². The van der Waals surface area contributed by atoms with E-state index >= 15 is 0 Å². The van der Waals surface area contributed by atoms with Gasteiger partial charge in [0.1, 0.15) is 0 Å². The minimum Gasteiger partial charge on any atom is -1.00 e. The Balaban J connectivity index is -0.000000720. The molecular formula is C8H22NaO3PS. The molecule has 0 radical (unpaired) electrons. The first kappa shape index (κ1) is 18.0. The number of hydrogen-bond acceptors (Lipinski definition) is 0. The smallest absolute Gasteiger partial charge is 1.00 e. The van der Waals surface area contributed by atoms with E-state index in [9.17, 15) is 14.7 Å². The van der Waals surface area contributed by atoms with Crippen LogP contribution in [0.4, 0.5) is 0 Å². The van der Waals surface area contributed by atoms with Gasteiger partial charge in [0.15, 0.2) is 0 Å². The molecule has 0 amide bonds. The van der Waals surface area contributed by atoms with Crippen LogP contribution < -0.4 is 29.6 Å². The summed E-state index contributed by atoms with van der Waals surface area (Å²) < 4.78 is 0. The Labute approximate surface area is 113 Å². The Morgan fingerprint density at radius 2 is 1.29 bits per heavy atom. The van der Waals surface area contributed by atoms with Gasteiger partial charge in [0.25, 0.3) is 6.72 Å². The van der Waals surface area contributed by atoms with E-state index in [1.165, 1.54) is 0 Å². The number of rotatable bonds is 4. The van der Waals surface area contributed by atoms with Gasteiger partial charge in [-0.1, -0.05) is 27.7 Å². The molecule has 0 aromatic rings. The largest absolute Gasteiger partial charge is 1.00 e. The van der Waals surface area contributed by atoms with Crippen LogP contribution in [0, 0.1) is 11.8 Å². The molecule has 84 valence electrons. The summed E-state index contributed by atoms with van der Waals surface area (Å²) >= 11 is 0. The SMILES string of the molecule is CC(C)CS(CC(C)C)=P(O)(O)O.[H-].[Na+]. The van der Waals surface area contributed by atoms with E-state index in [2.05, 4.69) is 0 Å². The molecule has 0 aliphatic rings. The fourth-order valence-electron chi connectivity index (χ4n) is 1.04. The van der Waals surface area contributed by atoms with Crippen LogP contribution in [0.15, 0.2) is 0 Å². The van der Waals surface area contributed by atoms with E-state index < -0.39 is 16.8 Å². The van der Waals surface area contributed by atoms with Gasteiger partial charge in [-0.2, -0.15) is 0 Å². The summed E-state index contributed by atoms with van der Waals surface area (Å²) in [7, 11) is -0.624. The second-order valence-corrected chi connectivity index (χ2v) is 9.73. The third kappa shape index (κ3) is 8.93. The minimum absolute atomic E-state index is 0. The molecule has 0 heterocycles. The summed E-state index contributed by atoms with van der Waals surface area (Å²) in [4.78, 5) is 27.6. The zero-order chi connectivity index (χ0) is 10.6. The fraction of sp³-hybridized carbons (Fsp3) is 1.00. The molecule has 0 bridgehead atoms. The molecule has 3 nitrogen and oxygen atoms in total. The molecule has 3 N–H and O–H groups in total. The summed E-state index contributed by atoms with van der Waals surface area (Å²) in [6.45, 7) is 4.49. The fourth-order valence-corrected chi connectivity index (χ4v) is 6.10. The quantitative estimate of drug-likeness (QED) is 0.430. The Hall–Kier alpha value is 1.66. The first-order chi connectivity index (χ1) is 5.73. The third-order valence-electron chi connectivity index (χ3n) is 1.40. The summed E-state index contributed by atoms with van der Waals surface area (Å²) in [5.41, 5.74) is 0. The number of hydrogen-bond donors (Lipinski definition) is 3.